The summed E-state index contributed by atoms with van der Waals surface area (Å²) in [4.78, 5) is 2.17. The van der Waals surface area contributed by atoms with Gasteiger partial charge in [0.15, 0.2) is 0 Å². The molecule has 3 N–H and O–H groups in total. The molecule has 4 heteroatoms. The van der Waals surface area contributed by atoms with Crippen molar-refractivity contribution in [1.29, 1.82) is 0 Å². The van der Waals surface area contributed by atoms with Crippen LogP contribution in [0.3, 0.4) is 0 Å². The van der Waals surface area contributed by atoms with Gasteiger partial charge in [-0.1, -0.05) is 23.7 Å². The van der Waals surface area contributed by atoms with E-state index in [0.29, 0.717) is 0 Å². The molecular weight excluding hydrogens is 248 g/mol. The molecule has 0 heterocycles. The minimum Gasteiger partial charge on any atom is -0.393 e. The van der Waals surface area contributed by atoms with Crippen molar-refractivity contribution in [3.63, 3.8) is 0 Å². The van der Waals surface area contributed by atoms with Crippen molar-refractivity contribution in [1.82, 2.24) is 4.90 Å². The van der Waals surface area contributed by atoms with Gasteiger partial charge in [-0.25, -0.2) is 0 Å². The summed E-state index contributed by atoms with van der Waals surface area (Å²) >= 11 is 6.03. The van der Waals surface area contributed by atoms with Crippen molar-refractivity contribution in [2.24, 2.45) is 5.73 Å². The summed E-state index contributed by atoms with van der Waals surface area (Å²) in [7, 11) is 2.03. The van der Waals surface area contributed by atoms with Crippen LogP contribution in [0, 0.1) is 0 Å². The number of nitrogens with zero attached hydrogens (tertiary/aromatic N) is 1. The lowest BCUT2D eigenvalue weighted by atomic mass is 9.99. The van der Waals surface area contributed by atoms with E-state index in [1.807, 2.05) is 38.2 Å². The Bertz CT molecular complexity index is 369. The topological polar surface area (TPSA) is 49.5 Å². The summed E-state index contributed by atoms with van der Waals surface area (Å²) in [5.74, 6) is 0. The van der Waals surface area contributed by atoms with Crippen LogP contribution in [0.25, 0.3) is 0 Å². The Labute approximate surface area is 115 Å². The molecule has 1 rings (SSSR count). The van der Waals surface area contributed by atoms with Gasteiger partial charge in [-0.2, -0.15) is 0 Å². The highest BCUT2D eigenvalue weighted by molar-refractivity contribution is 6.30. The van der Waals surface area contributed by atoms with E-state index in [1.165, 1.54) is 0 Å². The van der Waals surface area contributed by atoms with Crippen molar-refractivity contribution in [2.75, 3.05) is 13.6 Å². The monoisotopic (exact) mass is 270 g/mol. The first-order valence-corrected chi connectivity index (χ1v) is 6.69. The first-order valence-electron chi connectivity index (χ1n) is 6.31. The number of aliphatic hydroxyl groups excluding tert-OH is 1. The second-order valence-corrected chi connectivity index (χ2v) is 5.41. The molecular formula is C14H23ClN2O. The highest BCUT2D eigenvalue weighted by Crippen LogP contribution is 2.25. The van der Waals surface area contributed by atoms with Crippen LogP contribution in [0.1, 0.15) is 31.9 Å². The Hall–Kier alpha value is -0.610. The summed E-state index contributed by atoms with van der Waals surface area (Å²) in [5.41, 5.74) is 7.20. The van der Waals surface area contributed by atoms with Crippen molar-refractivity contribution >= 4 is 11.6 Å². The first kappa shape index (κ1) is 15.4. The molecule has 0 bridgehead atoms. The maximum absolute atomic E-state index is 9.36. The molecule has 0 aromatic heterocycles. The van der Waals surface area contributed by atoms with Gasteiger partial charge in [0.05, 0.1) is 6.10 Å². The molecule has 0 aliphatic carbocycles. The number of likely N-dealkylation sites (N-methyl/N-ethyl adjacent to an activating group) is 1. The van der Waals surface area contributed by atoms with Gasteiger partial charge in [0.25, 0.3) is 0 Å². The molecule has 18 heavy (non-hydrogen) atoms. The Morgan fingerprint density at radius 3 is 2.56 bits per heavy atom. The van der Waals surface area contributed by atoms with E-state index in [-0.39, 0.29) is 18.2 Å². The van der Waals surface area contributed by atoms with E-state index in [2.05, 4.69) is 4.90 Å². The molecule has 3 unspecified atom stereocenters. The quantitative estimate of drug-likeness (QED) is 0.835. The van der Waals surface area contributed by atoms with Gasteiger partial charge >= 0.3 is 0 Å². The predicted molar refractivity (Wildman–Crippen MR) is 76.8 cm³/mol. The summed E-state index contributed by atoms with van der Waals surface area (Å²) in [5, 5.41) is 10.1. The smallest absolute Gasteiger partial charge is 0.0524 e. The molecule has 3 nitrogen and oxygen atoms in total. The molecule has 0 amide bonds. The third-order valence-corrected chi connectivity index (χ3v) is 3.30. The SMILES string of the molecule is CC(O)CCN(C)C(c1cccc(Cl)c1)C(C)N. The standard InChI is InChI=1S/C14H23ClN2O/c1-10(18)7-8-17(3)14(11(2)16)12-5-4-6-13(15)9-12/h4-6,9-11,14,18H,7-8,16H2,1-3H3. The predicted octanol–water partition coefficient (Wildman–Crippen LogP) is 2.43. The van der Waals surface area contributed by atoms with Crippen molar-refractivity contribution in [3.8, 4) is 0 Å². The summed E-state index contributed by atoms with van der Waals surface area (Å²) in [6.45, 7) is 4.59. The summed E-state index contributed by atoms with van der Waals surface area (Å²) in [6.07, 6.45) is 0.445. The Kier molecular flexibility index (Phi) is 6.09. The number of benzene rings is 1. The zero-order valence-electron chi connectivity index (χ0n) is 11.3. The molecule has 0 aliphatic heterocycles. The van der Waals surface area contributed by atoms with Crippen LogP contribution >= 0.6 is 11.6 Å². The lowest BCUT2D eigenvalue weighted by Gasteiger charge is -2.32. The van der Waals surface area contributed by atoms with Gasteiger partial charge in [-0.05, 0) is 45.0 Å². The van der Waals surface area contributed by atoms with Crippen LogP contribution in [0.2, 0.25) is 5.02 Å². The Morgan fingerprint density at radius 2 is 2.06 bits per heavy atom. The van der Waals surface area contributed by atoms with E-state index < -0.39 is 0 Å². The lowest BCUT2D eigenvalue weighted by molar-refractivity contribution is 0.143. The molecule has 0 saturated heterocycles. The van der Waals surface area contributed by atoms with Crippen LogP contribution in [0.4, 0.5) is 0 Å². The van der Waals surface area contributed by atoms with Gasteiger partial charge in [-0.15, -0.1) is 0 Å². The summed E-state index contributed by atoms with van der Waals surface area (Å²) < 4.78 is 0. The van der Waals surface area contributed by atoms with Crippen molar-refractivity contribution < 1.29 is 5.11 Å². The van der Waals surface area contributed by atoms with Gasteiger partial charge in [0.1, 0.15) is 0 Å². The highest BCUT2D eigenvalue weighted by atomic mass is 35.5. The molecule has 0 fully saturated rings. The molecule has 0 saturated carbocycles. The number of aliphatic hydroxyl groups is 1. The average Bonchev–Trinajstić information content (AvgIpc) is 2.26. The molecule has 0 aliphatic rings. The zero-order valence-corrected chi connectivity index (χ0v) is 12.1. The van der Waals surface area contributed by atoms with E-state index in [1.54, 1.807) is 6.92 Å². The first-order chi connectivity index (χ1) is 8.41. The van der Waals surface area contributed by atoms with Crippen LogP contribution < -0.4 is 5.73 Å². The second-order valence-electron chi connectivity index (χ2n) is 4.98. The molecule has 0 spiro atoms. The van der Waals surface area contributed by atoms with Crippen molar-refractivity contribution in [2.45, 2.75) is 38.5 Å². The number of halogens is 1. The van der Waals surface area contributed by atoms with Crippen molar-refractivity contribution in [3.05, 3.63) is 34.9 Å². The van der Waals surface area contributed by atoms with Gasteiger partial charge in [0, 0.05) is 23.7 Å². The molecule has 3 atom stereocenters. The third kappa shape index (κ3) is 4.58. The highest BCUT2D eigenvalue weighted by Gasteiger charge is 2.21. The minimum atomic E-state index is -0.291. The maximum atomic E-state index is 9.36. The molecule has 1 aromatic rings. The number of rotatable bonds is 6. The average molecular weight is 271 g/mol. The van der Waals surface area contributed by atoms with E-state index in [4.69, 9.17) is 17.3 Å². The second kappa shape index (κ2) is 7.10. The maximum Gasteiger partial charge on any atom is 0.0524 e. The van der Waals surface area contributed by atoms with Crippen LogP contribution in [0.5, 0.6) is 0 Å². The fourth-order valence-electron chi connectivity index (χ4n) is 2.18. The number of nitrogens with two attached hydrogens (primary N) is 1. The van der Waals surface area contributed by atoms with Crippen LogP contribution in [-0.4, -0.2) is 35.7 Å². The van der Waals surface area contributed by atoms with Gasteiger partial charge in [-0.3, -0.25) is 4.90 Å². The minimum absolute atomic E-state index is 0.00228. The largest absolute Gasteiger partial charge is 0.393 e. The van der Waals surface area contributed by atoms with E-state index in [0.717, 1.165) is 23.6 Å². The fraction of sp³-hybridized carbons (Fsp3) is 0.571. The van der Waals surface area contributed by atoms with E-state index >= 15 is 0 Å². The normalized spacial score (nSPS) is 16.6. The van der Waals surface area contributed by atoms with Crippen LogP contribution in [-0.2, 0) is 0 Å². The Balaban J connectivity index is 2.82. The fourth-order valence-corrected chi connectivity index (χ4v) is 2.38. The molecule has 102 valence electrons. The third-order valence-electron chi connectivity index (χ3n) is 3.06. The number of hydrogen-bond acceptors (Lipinski definition) is 3. The van der Waals surface area contributed by atoms with Crippen LogP contribution in [0.15, 0.2) is 24.3 Å². The molecule has 0 radical (unpaired) electrons. The zero-order chi connectivity index (χ0) is 13.7. The van der Waals surface area contributed by atoms with Gasteiger partial charge in [0.2, 0.25) is 0 Å². The summed E-state index contributed by atoms with van der Waals surface area (Å²) in [6, 6.07) is 7.91. The Morgan fingerprint density at radius 1 is 1.39 bits per heavy atom. The number of hydrogen-bond donors (Lipinski definition) is 2. The van der Waals surface area contributed by atoms with Gasteiger partial charge < -0.3 is 10.8 Å². The molecule has 1 aromatic carbocycles. The lowest BCUT2D eigenvalue weighted by Crippen LogP contribution is -2.38. The van der Waals surface area contributed by atoms with E-state index in [9.17, 15) is 5.11 Å².